The van der Waals surface area contributed by atoms with E-state index in [2.05, 4.69) is 0 Å². The van der Waals surface area contributed by atoms with Crippen LogP contribution in [0.2, 0.25) is 0 Å². The summed E-state index contributed by atoms with van der Waals surface area (Å²) in [5.41, 5.74) is 1.14. The lowest BCUT2D eigenvalue weighted by Crippen LogP contribution is -2.06. The predicted molar refractivity (Wildman–Crippen MR) is 65.3 cm³/mol. The molecule has 1 aliphatic carbocycles. The molecule has 4 heteroatoms. The van der Waals surface area contributed by atoms with Gasteiger partial charge in [0.15, 0.2) is 5.75 Å². The largest absolute Gasteiger partial charge is 0.502 e. The van der Waals surface area contributed by atoms with E-state index >= 15 is 0 Å². The van der Waals surface area contributed by atoms with E-state index in [4.69, 9.17) is 0 Å². The number of aromatic hydroxyl groups is 1. The smallest absolute Gasteiger partial charge is 0.313 e. The van der Waals surface area contributed by atoms with Crippen LogP contribution in [0.1, 0.15) is 49.1 Å². The van der Waals surface area contributed by atoms with Crippen molar-refractivity contribution < 1.29 is 10.0 Å². The second kappa shape index (κ2) is 4.73. The summed E-state index contributed by atoms with van der Waals surface area (Å²) in [7, 11) is 0. The fraction of sp³-hybridized carbons (Fsp3) is 0.538. The van der Waals surface area contributed by atoms with Crippen molar-refractivity contribution in [3.8, 4) is 5.75 Å². The van der Waals surface area contributed by atoms with Crippen molar-refractivity contribution in [1.29, 1.82) is 0 Å². The van der Waals surface area contributed by atoms with Gasteiger partial charge in [0.25, 0.3) is 0 Å². The molecule has 1 fully saturated rings. The molecule has 1 aromatic rings. The van der Waals surface area contributed by atoms with Crippen LogP contribution in [0.15, 0.2) is 12.1 Å². The van der Waals surface area contributed by atoms with E-state index in [9.17, 15) is 15.2 Å². The minimum Gasteiger partial charge on any atom is -0.502 e. The van der Waals surface area contributed by atoms with E-state index in [1.165, 1.54) is 6.42 Å². The minimum atomic E-state index is -0.489. The maximum absolute atomic E-state index is 10.9. The third-order valence-corrected chi connectivity index (χ3v) is 3.61. The molecule has 0 saturated heterocycles. The fourth-order valence-electron chi connectivity index (χ4n) is 2.67. The van der Waals surface area contributed by atoms with Crippen LogP contribution in [0, 0.1) is 17.0 Å². The monoisotopic (exact) mass is 235 g/mol. The summed E-state index contributed by atoms with van der Waals surface area (Å²) in [5, 5.41) is 21.0. The van der Waals surface area contributed by atoms with Crippen molar-refractivity contribution in [2.75, 3.05) is 0 Å². The van der Waals surface area contributed by atoms with Gasteiger partial charge in [-0.3, -0.25) is 10.1 Å². The van der Waals surface area contributed by atoms with Gasteiger partial charge in [-0.05, 0) is 25.7 Å². The summed E-state index contributed by atoms with van der Waals surface area (Å²) in [6, 6.07) is 3.58. The molecule has 92 valence electrons. The van der Waals surface area contributed by atoms with Crippen LogP contribution in [-0.4, -0.2) is 10.0 Å². The third-order valence-electron chi connectivity index (χ3n) is 3.61. The lowest BCUT2D eigenvalue weighted by molar-refractivity contribution is -0.386. The van der Waals surface area contributed by atoms with Gasteiger partial charge in [0, 0.05) is 11.1 Å². The molecular formula is C13H17NO3. The Kier molecular flexibility index (Phi) is 3.31. The molecule has 0 amide bonds. The molecule has 0 atom stereocenters. The first-order chi connectivity index (χ1) is 8.11. The summed E-state index contributed by atoms with van der Waals surface area (Å²) in [4.78, 5) is 10.4. The Morgan fingerprint density at radius 3 is 2.53 bits per heavy atom. The van der Waals surface area contributed by atoms with Crippen molar-refractivity contribution in [1.82, 2.24) is 0 Å². The van der Waals surface area contributed by atoms with E-state index in [1.807, 2.05) is 6.07 Å². The zero-order chi connectivity index (χ0) is 12.4. The number of phenolic OH excluding ortho intramolecular Hbond substituents is 1. The number of phenols is 1. The van der Waals surface area contributed by atoms with Crippen molar-refractivity contribution in [2.24, 2.45) is 0 Å². The first kappa shape index (κ1) is 11.9. The Labute approximate surface area is 100 Å². The molecule has 0 radical (unpaired) electrons. The average Bonchev–Trinajstić information content (AvgIpc) is 2.30. The lowest BCUT2D eigenvalue weighted by atomic mass is 9.83. The lowest BCUT2D eigenvalue weighted by Gasteiger charge is -2.22. The Morgan fingerprint density at radius 2 is 1.94 bits per heavy atom. The van der Waals surface area contributed by atoms with E-state index in [-0.39, 0.29) is 17.4 Å². The summed E-state index contributed by atoms with van der Waals surface area (Å²) < 4.78 is 0. The molecule has 0 unspecified atom stereocenters. The van der Waals surface area contributed by atoms with Gasteiger partial charge in [-0.2, -0.15) is 0 Å². The maximum Gasteiger partial charge on any atom is 0.313 e. The van der Waals surface area contributed by atoms with Gasteiger partial charge in [-0.15, -0.1) is 0 Å². The molecule has 0 aromatic heterocycles. The highest BCUT2D eigenvalue weighted by molar-refractivity contribution is 5.56. The fourth-order valence-corrected chi connectivity index (χ4v) is 2.67. The topological polar surface area (TPSA) is 63.4 Å². The number of benzene rings is 1. The molecule has 1 aliphatic rings. The number of hydrogen-bond acceptors (Lipinski definition) is 3. The summed E-state index contributed by atoms with van der Waals surface area (Å²) in [6.45, 7) is 1.66. The Morgan fingerprint density at radius 1 is 1.29 bits per heavy atom. The molecule has 4 nitrogen and oxygen atoms in total. The second-order valence-corrected chi connectivity index (χ2v) is 4.76. The maximum atomic E-state index is 10.9. The van der Waals surface area contributed by atoms with Gasteiger partial charge in [-0.1, -0.05) is 31.4 Å². The molecule has 17 heavy (non-hydrogen) atoms. The van der Waals surface area contributed by atoms with Crippen LogP contribution in [-0.2, 0) is 0 Å². The molecular weight excluding hydrogens is 218 g/mol. The number of rotatable bonds is 2. The highest BCUT2D eigenvalue weighted by atomic mass is 16.6. The summed E-state index contributed by atoms with van der Waals surface area (Å²) in [6.07, 6.45) is 5.56. The molecule has 0 aliphatic heterocycles. The van der Waals surface area contributed by atoms with Crippen molar-refractivity contribution in [3.63, 3.8) is 0 Å². The van der Waals surface area contributed by atoms with Gasteiger partial charge in [0.2, 0.25) is 0 Å². The molecule has 2 rings (SSSR count). The second-order valence-electron chi connectivity index (χ2n) is 4.76. The van der Waals surface area contributed by atoms with Gasteiger partial charge < -0.3 is 5.11 Å². The summed E-state index contributed by atoms with van der Waals surface area (Å²) in [5.74, 6) is 0.157. The number of nitrogens with zero attached hydrogens (tertiary/aromatic N) is 1. The van der Waals surface area contributed by atoms with Crippen LogP contribution in [0.3, 0.4) is 0 Å². The van der Waals surface area contributed by atoms with E-state index in [0.717, 1.165) is 31.2 Å². The SMILES string of the molecule is Cc1ccc(C2CCCCC2)c(O)c1[N+](=O)[O-]. The van der Waals surface area contributed by atoms with Gasteiger partial charge >= 0.3 is 5.69 Å². The summed E-state index contributed by atoms with van der Waals surface area (Å²) >= 11 is 0. The molecule has 0 heterocycles. The van der Waals surface area contributed by atoms with E-state index < -0.39 is 4.92 Å². The molecule has 1 N–H and O–H groups in total. The molecule has 0 bridgehead atoms. The van der Waals surface area contributed by atoms with Gasteiger partial charge in [0.1, 0.15) is 0 Å². The van der Waals surface area contributed by atoms with E-state index in [0.29, 0.717) is 5.56 Å². The Balaban J connectivity index is 2.41. The first-order valence-corrected chi connectivity index (χ1v) is 6.08. The highest BCUT2D eigenvalue weighted by Crippen LogP contribution is 2.42. The normalized spacial score (nSPS) is 17.0. The predicted octanol–water partition coefficient (Wildman–Crippen LogP) is 3.66. The van der Waals surface area contributed by atoms with Crippen LogP contribution < -0.4 is 0 Å². The number of aryl methyl sites for hydroxylation is 1. The van der Waals surface area contributed by atoms with Crippen molar-refractivity contribution in [2.45, 2.75) is 44.9 Å². The Hall–Kier alpha value is -1.58. The highest BCUT2D eigenvalue weighted by Gasteiger charge is 2.25. The van der Waals surface area contributed by atoms with Crippen LogP contribution in [0.5, 0.6) is 5.75 Å². The van der Waals surface area contributed by atoms with Crippen LogP contribution >= 0.6 is 0 Å². The quantitative estimate of drug-likeness (QED) is 0.628. The number of hydrogen-bond donors (Lipinski definition) is 1. The number of nitro benzene ring substituents is 1. The number of nitro groups is 1. The average molecular weight is 235 g/mol. The third kappa shape index (κ3) is 2.25. The zero-order valence-electron chi connectivity index (χ0n) is 9.98. The molecule has 1 aromatic carbocycles. The van der Waals surface area contributed by atoms with Gasteiger partial charge in [-0.25, -0.2) is 0 Å². The van der Waals surface area contributed by atoms with Crippen LogP contribution in [0.4, 0.5) is 5.69 Å². The Bertz CT molecular complexity index is 437. The molecule has 0 spiro atoms. The van der Waals surface area contributed by atoms with Crippen molar-refractivity contribution in [3.05, 3.63) is 33.4 Å². The standard InChI is InChI=1S/C13H17NO3/c1-9-7-8-11(10-5-3-2-4-6-10)13(15)12(9)14(16)17/h7-8,10,15H,2-6H2,1H3. The van der Waals surface area contributed by atoms with Crippen LogP contribution in [0.25, 0.3) is 0 Å². The van der Waals surface area contributed by atoms with Gasteiger partial charge in [0.05, 0.1) is 4.92 Å². The first-order valence-electron chi connectivity index (χ1n) is 6.08. The minimum absolute atomic E-state index is 0.123. The van der Waals surface area contributed by atoms with Crippen molar-refractivity contribution >= 4 is 5.69 Å². The zero-order valence-corrected chi connectivity index (χ0v) is 9.98. The van der Waals surface area contributed by atoms with E-state index in [1.54, 1.807) is 13.0 Å². The molecule has 1 saturated carbocycles.